The number of fused-ring (bicyclic) bond motifs is 3. The summed E-state index contributed by atoms with van der Waals surface area (Å²) in [6.45, 7) is 4.40. The second-order valence-corrected chi connectivity index (χ2v) is 7.16. The van der Waals surface area contributed by atoms with Crippen LogP contribution >= 0.6 is 0 Å². The minimum absolute atomic E-state index is 0.00536. The molecule has 2 heteroatoms. The fourth-order valence-corrected chi connectivity index (χ4v) is 5.29. The van der Waals surface area contributed by atoms with Crippen molar-refractivity contribution < 1.29 is 25.9 Å². The van der Waals surface area contributed by atoms with E-state index in [9.17, 15) is 0 Å². The highest BCUT2D eigenvalue weighted by Gasteiger charge is 2.35. The molecule has 0 radical (unpaired) electrons. The Kier molecular flexibility index (Phi) is 2.62. The molecule has 0 aromatic heterocycles. The zero-order valence-electron chi connectivity index (χ0n) is 10.2. The topological polar surface area (TPSA) is 9.23 Å². The third-order valence-electron chi connectivity index (χ3n) is 3.06. The predicted octanol–water partition coefficient (Wildman–Crippen LogP) is 0.421. The van der Waals surface area contributed by atoms with Crippen LogP contribution in [0, 0.1) is 21.0 Å². The average Bonchev–Trinajstić information content (AvgIpc) is 2.67. The van der Waals surface area contributed by atoms with Crippen molar-refractivity contribution in [1.82, 2.24) is 0 Å². The molecule has 0 saturated carbocycles. The Balaban J connectivity index is 2.25. The van der Waals surface area contributed by atoms with Crippen LogP contribution in [0.3, 0.4) is 0 Å². The first-order valence-corrected chi connectivity index (χ1v) is 7.79. The fraction of sp³-hybridized carbons (Fsp3) is 0.200. The lowest BCUT2D eigenvalue weighted by atomic mass is 10.0. The molecule has 0 saturated heterocycles. The SMILES string of the molecule is COc1ccc2c(c1)-c1cc(C)cc(C)c1[I+]2. The van der Waals surface area contributed by atoms with E-state index in [2.05, 4.69) is 44.2 Å². The molecule has 0 bridgehead atoms. The summed E-state index contributed by atoms with van der Waals surface area (Å²) in [5.41, 5.74) is 5.62. The molecule has 2 aromatic rings. The first-order chi connectivity index (χ1) is 8.19. The van der Waals surface area contributed by atoms with Crippen LogP contribution in [0.1, 0.15) is 11.1 Å². The number of halogens is 1. The minimum Gasteiger partial charge on any atom is -0.497 e. The molecule has 0 N–H and O–H groups in total. The molecule has 86 valence electrons. The van der Waals surface area contributed by atoms with Crippen LogP contribution < -0.4 is 25.9 Å². The van der Waals surface area contributed by atoms with Gasteiger partial charge in [0, 0.05) is 16.7 Å². The van der Waals surface area contributed by atoms with Crippen molar-refractivity contribution >= 4 is 0 Å². The van der Waals surface area contributed by atoms with Gasteiger partial charge in [0.15, 0.2) is 0 Å². The van der Waals surface area contributed by atoms with E-state index in [0.717, 1.165) is 5.75 Å². The van der Waals surface area contributed by atoms with Crippen LogP contribution in [0.4, 0.5) is 0 Å². The van der Waals surface area contributed by atoms with Crippen LogP contribution in [-0.2, 0) is 0 Å². The van der Waals surface area contributed by atoms with Crippen molar-refractivity contribution in [2.75, 3.05) is 7.11 Å². The molecule has 0 fully saturated rings. The molecule has 0 aliphatic carbocycles. The molecule has 2 aromatic carbocycles. The first kappa shape index (κ1) is 11.1. The highest BCUT2D eigenvalue weighted by molar-refractivity contribution is 5.68. The number of ether oxygens (including phenoxy) is 1. The van der Waals surface area contributed by atoms with Gasteiger partial charge in [0.2, 0.25) is 7.14 Å². The van der Waals surface area contributed by atoms with E-state index in [4.69, 9.17) is 4.74 Å². The highest BCUT2D eigenvalue weighted by Crippen LogP contribution is 2.28. The zero-order chi connectivity index (χ0) is 12.0. The van der Waals surface area contributed by atoms with Gasteiger partial charge in [0.05, 0.1) is 7.11 Å². The summed E-state index contributed by atoms with van der Waals surface area (Å²) in [7, 11) is 1.73. The molecule has 0 amide bonds. The summed E-state index contributed by atoms with van der Waals surface area (Å²) < 4.78 is 8.43. The van der Waals surface area contributed by atoms with Crippen molar-refractivity contribution in [3.05, 3.63) is 48.6 Å². The molecule has 17 heavy (non-hydrogen) atoms. The van der Waals surface area contributed by atoms with Crippen molar-refractivity contribution in [2.45, 2.75) is 13.8 Å². The lowest BCUT2D eigenvalue weighted by Gasteiger charge is -2.02. The van der Waals surface area contributed by atoms with Crippen molar-refractivity contribution in [3.8, 4) is 16.9 Å². The maximum Gasteiger partial charge on any atom is 0.359 e. The summed E-state index contributed by atoms with van der Waals surface area (Å²) in [5, 5.41) is 0. The first-order valence-electron chi connectivity index (χ1n) is 5.63. The van der Waals surface area contributed by atoms with Gasteiger partial charge in [-0.1, -0.05) is 6.07 Å². The van der Waals surface area contributed by atoms with Gasteiger partial charge in [-0.15, -0.1) is 0 Å². The van der Waals surface area contributed by atoms with Crippen LogP contribution in [0.15, 0.2) is 30.3 Å². The number of methoxy groups -OCH3 is 1. The van der Waals surface area contributed by atoms with E-state index in [1.165, 1.54) is 25.8 Å². The molecule has 1 heterocycles. The predicted molar refractivity (Wildman–Crippen MR) is 65.3 cm³/mol. The van der Waals surface area contributed by atoms with E-state index in [1.54, 1.807) is 10.7 Å². The molecule has 1 aliphatic heterocycles. The van der Waals surface area contributed by atoms with E-state index >= 15 is 0 Å². The van der Waals surface area contributed by atoms with Crippen molar-refractivity contribution in [2.24, 2.45) is 0 Å². The number of aryl methyl sites for hydroxylation is 2. The summed E-state index contributed by atoms with van der Waals surface area (Å²) in [4.78, 5) is 0. The summed E-state index contributed by atoms with van der Waals surface area (Å²) >= 11 is -0.00536. The molecule has 1 nitrogen and oxygen atoms in total. The third-order valence-corrected chi connectivity index (χ3v) is 6.55. The molecule has 1 aliphatic rings. The molecule has 0 spiro atoms. The highest BCUT2D eigenvalue weighted by atomic mass is 127. The summed E-state index contributed by atoms with van der Waals surface area (Å²) in [5.74, 6) is 0.958. The number of hydrogen-bond acceptors (Lipinski definition) is 1. The van der Waals surface area contributed by atoms with Crippen LogP contribution in [0.5, 0.6) is 5.75 Å². The number of benzene rings is 2. The van der Waals surface area contributed by atoms with Gasteiger partial charge in [0.25, 0.3) is 0 Å². The Hall–Kier alpha value is -1.03. The van der Waals surface area contributed by atoms with Gasteiger partial charge in [-0.2, -0.15) is 0 Å². The van der Waals surface area contributed by atoms with Gasteiger partial charge >= 0.3 is 21.2 Å². The summed E-state index contributed by atoms with van der Waals surface area (Å²) in [6, 6.07) is 11.1. The smallest absolute Gasteiger partial charge is 0.359 e. The average molecular weight is 337 g/mol. The fourth-order valence-electron chi connectivity index (χ4n) is 2.29. The minimum atomic E-state index is -0.00536. The standard InChI is InChI=1S/C15H14IO/c1-9-6-10(2)15-13(7-9)12-8-11(17-3)4-5-14(12)16-15/h4-8H,1-3H3/q+1. The maximum atomic E-state index is 5.33. The Bertz CT molecular complexity index is 602. The van der Waals surface area contributed by atoms with Crippen LogP contribution in [0.25, 0.3) is 11.1 Å². The monoisotopic (exact) mass is 337 g/mol. The molecular weight excluding hydrogens is 323 g/mol. The second kappa shape index (κ2) is 4.02. The largest absolute Gasteiger partial charge is 0.497 e. The van der Waals surface area contributed by atoms with Gasteiger partial charge in [-0.05, 0) is 43.7 Å². The van der Waals surface area contributed by atoms with Gasteiger partial charge in [-0.3, -0.25) is 0 Å². The lowest BCUT2D eigenvalue weighted by Crippen LogP contribution is -3.61. The number of hydrogen-bond donors (Lipinski definition) is 0. The molecular formula is C15H14IO+. The van der Waals surface area contributed by atoms with Crippen molar-refractivity contribution in [3.63, 3.8) is 0 Å². The van der Waals surface area contributed by atoms with Gasteiger partial charge in [-0.25, -0.2) is 0 Å². The van der Waals surface area contributed by atoms with E-state index in [-0.39, 0.29) is 21.2 Å². The van der Waals surface area contributed by atoms with Crippen LogP contribution in [-0.4, -0.2) is 7.11 Å². The second-order valence-electron chi connectivity index (χ2n) is 4.38. The normalized spacial score (nSPS) is 12.2. The van der Waals surface area contributed by atoms with E-state index < -0.39 is 0 Å². The van der Waals surface area contributed by atoms with Gasteiger partial charge < -0.3 is 4.74 Å². The lowest BCUT2D eigenvalue weighted by molar-refractivity contribution is -0.590. The van der Waals surface area contributed by atoms with Crippen molar-refractivity contribution in [1.29, 1.82) is 0 Å². The summed E-state index contributed by atoms with van der Waals surface area (Å²) in [6.07, 6.45) is 0. The Labute approximate surface area is 112 Å². The molecule has 0 atom stereocenters. The molecule has 0 unspecified atom stereocenters. The zero-order valence-corrected chi connectivity index (χ0v) is 12.3. The number of rotatable bonds is 1. The Morgan fingerprint density at radius 1 is 1.00 bits per heavy atom. The quantitative estimate of drug-likeness (QED) is 0.585. The van der Waals surface area contributed by atoms with E-state index in [1.807, 2.05) is 0 Å². The van der Waals surface area contributed by atoms with Crippen LogP contribution in [0.2, 0.25) is 0 Å². The Morgan fingerprint density at radius 2 is 1.82 bits per heavy atom. The van der Waals surface area contributed by atoms with E-state index in [0.29, 0.717) is 0 Å². The third kappa shape index (κ3) is 1.75. The maximum absolute atomic E-state index is 5.33. The molecule has 3 rings (SSSR count). The Morgan fingerprint density at radius 3 is 2.59 bits per heavy atom. The van der Waals surface area contributed by atoms with Gasteiger partial charge in [0.1, 0.15) is 5.75 Å².